The van der Waals surface area contributed by atoms with Crippen molar-refractivity contribution in [2.75, 3.05) is 92.4 Å². The van der Waals surface area contributed by atoms with Gasteiger partial charge in [0.1, 0.15) is 6.10 Å². The van der Waals surface area contributed by atoms with E-state index in [1.165, 1.54) is 96.3 Å². The van der Waals surface area contributed by atoms with Crippen LogP contribution in [0, 0.1) is 11.8 Å². The van der Waals surface area contributed by atoms with Crippen LogP contribution in [0.3, 0.4) is 0 Å². The van der Waals surface area contributed by atoms with Crippen molar-refractivity contribution in [2.45, 2.75) is 214 Å². The van der Waals surface area contributed by atoms with Gasteiger partial charge >= 0.3 is 11.9 Å². The van der Waals surface area contributed by atoms with E-state index in [4.69, 9.17) is 43.6 Å². The third kappa shape index (κ3) is 45.2. The first kappa shape index (κ1) is 60.7. The number of esters is 2. The Labute approximate surface area is 382 Å². The smallest absolute Gasteiger partial charge is 0.305 e. The quantitative estimate of drug-likeness (QED) is 0.0462. The lowest BCUT2D eigenvalue weighted by Gasteiger charge is -2.18. The van der Waals surface area contributed by atoms with Crippen molar-refractivity contribution in [3.63, 3.8) is 0 Å². The first-order valence-corrected chi connectivity index (χ1v) is 26.0. The lowest BCUT2D eigenvalue weighted by atomic mass is 9.96. The molecule has 0 bridgehead atoms. The van der Waals surface area contributed by atoms with Gasteiger partial charge in [-0.05, 0) is 63.2 Å². The summed E-state index contributed by atoms with van der Waals surface area (Å²) < 4.78 is 46.1. The minimum atomic E-state index is -0.140. The molecule has 0 aromatic carbocycles. The number of nitrogens with two attached hydrogens (primary N) is 1. The molecule has 0 aliphatic rings. The molecule has 0 saturated carbocycles. The van der Waals surface area contributed by atoms with Crippen LogP contribution in [0.15, 0.2) is 0 Å². The highest BCUT2D eigenvalue weighted by Gasteiger charge is 2.14. The van der Waals surface area contributed by atoms with Crippen molar-refractivity contribution < 1.29 is 47.5 Å². The third-order valence-electron chi connectivity index (χ3n) is 11.4. The second-order valence-corrected chi connectivity index (χ2v) is 17.4. The summed E-state index contributed by atoms with van der Waals surface area (Å²) in [7, 11) is 0. The minimum absolute atomic E-state index is 0.0378. The van der Waals surface area contributed by atoms with E-state index in [9.17, 15) is 9.59 Å². The third-order valence-corrected chi connectivity index (χ3v) is 11.4. The van der Waals surface area contributed by atoms with Crippen LogP contribution in [-0.2, 0) is 47.5 Å². The van der Waals surface area contributed by atoms with Crippen LogP contribution in [0.2, 0.25) is 0 Å². The molecule has 0 aromatic heterocycles. The molecule has 2 unspecified atom stereocenters. The maximum atomic E-state index is 12.4. The van der Waals surface area contributed by atoms with E-state index >= 15 is 0 Å². The average Bonchev–Trinajstić information content (AvgIpc) is 3.27. The molecular formula is C51H101NO10. The molecule has 11 heteroatoms. The van der Waals surface area contributed by atoms with E-state index in [-0.39, 0.29) is 18.0 Å². The molecule has 2 N–H and O–H groups in total. The van der Waals surface area contributed by atoms with Gasteiger partial charge in [-0.1, -0.05) is 143 Å². The van der Waals surface area contributed by atoms with Gasteiger partial charge in [0.05, 0.1) is 72.7 Å². The van der Waals surface area contributed by atoms with E-state index in [2.05, 4.69) is 27.7 Å². The fourth-order valence-corrected chi connectivity index (χ4v) is 7.38. The normalized spacial score (nSPS) is 12.6. The second kappa shape index (κ2) is 50.7. The number of hydrogen-bond acceptors (Lipinski definition) is 11. The van der Waals surface area contributed by atoms with Crippen molar-refractivity contribution in [1.82, 2.24) is 0 Å². The summed E-state index contributed by atoms with van der Waals surface area (Å²) in [5.41, 5.74) is 5.42. The van der Waals surface area contributed by atoms with Gasteiger partial charge in [0.25, 0.3) is 0 Å². The molecular weight excluding hydrogens is 787 g/mol. The molecule has 0 saturated heterocycles. The summed E-state index contributed by atoms with van der Waals surface area (Å²) in [5.74, 6) is 0.945. The molecule has 0 radical (unpaired) electrons. The number of rotatable bonds is 52. The summed E-state index contributed by atoms with van der Waals surface area (Å²) in [4.78, 5) is 24.9. The van der Waals surface area contributed by atoms with Crippen LogP contribution in [0.1, 0.15) is 207 Å². The summed E-state index contributed by atoms with van der Waals surface area (Å²) >= 11 is 0. The van der Waals surface area contributed by atoms with E-state index < -0.39 is 0 Å². The van der Waals surface area contributed by atoms with E-state index in [0.717, 1.165) is 70.6 Å². The zero-order valence-electron chi connectivity index (χ0n) is 41.1. The summed E-state index contributed by atoms with van der Waals surface area (Å²) in [6.07, 6.45) is 30.5. The highest BCUT2D eigenvalue weighted by atomic mass is 16.6. The van der Waals surface area contributed by atoms with Gasteiger partial charge in [-0.2, -0.15) is 0 Å². The van der Waals surface area contributed by atoms with Crippen molar-refractivity contribution in [3.05, 3.63) is 0 Å². The van der Waals surface area contributed by atoms with Crippen molar-refractivity contribution >= 4 is 11.9 Å². The number of hydrogen-bond donors (Lipinski definition) is 1. The Morgan fingerprint density at radius 1 is 0.371 bits per heavy atom. The average molecular weight is 888 g/mol. The molecule has 0 fully saturated rings. The molecule has 0 spiro atoms. The molecule has 0 rings (SSSR count). The van der Waals surface area contributed by atoms with Gasteiger partial charge in [0.15, 0.2) is 0 Å². The van der Waals surface area contributed by atoms with E-state index in [1.807, 2.05) is 0 Å². The van der Waals surface area contributed by atoms with Gasteiger partial charge in [-0.15, -0.1) is 0 Å². The zero-order chi connectivity index (χ0) is 45.2. The SMILES string of the molecule is CCCCCCC(CCCC)COC(=O)CCCCCCCOCC(COCCOCCOCCOCCN)OCCCCCCCC(=O)OCC(CCCCC)CCCCC. The Morgan fingerprint density at radius 2 is 0.742 bits per heavy atom. The molecule has 2 atom stereocenters. The summed E-state index contributed by atoms with van der Waals surface area (Å²) in [5, 5.41) is 0. The molecule has 0 aliphatic carbocycles. The highest BCUT2D eigenvalue weighted by molar-refractivity contribution is 5.69. The predicted molar refractivity (Wildman–Crippen MR) is 254 cm³/mol. The molecule has 0 aromatic rings. The van der Waals surface area contributed by atoms with E-state index in [0.29, 0.717) is 117 Å². The molecule has 62 heavy (non-hydrogen) atoms. The van der Waals surface area contributed by atoms with Crippen LogP contribution in [0.5, 0.6) is 0 Å². The topological polar surface area (TPSA) is 134 Å². The molecule has 0 aliphatic heterocycles. The Morgan fingerprint density at radius 3 is 1.24 bits per heavy atom. The van der Waals surface area contributed by atoms with Gasteiger partial charge in [0.2, 0.25) is 0 Å². The number of ether oxygens (including phenoxy) is 8. The maximum absolute atomic E-state index is 12.4. The fraction of sp³-hybridized carbons (Fsp3) is 0.961. The summed E-state index contributed by atoms with van der Waals surface area (Å²) in [6, 6.07) is 0. The van der Waals surface area contributed by atoms with Gasteiger partial charge in [-0.3, -0.25) is 9.59 Å². The number of carbonyl (C=O) groups is 2. The standard InChI is InChI=1S/C51H101NO10/c1-5-9-13-22-30-47(27-12-8-4)43-61-50(53)31-23-16-14-18-25-34-58-45-49(46-59-42-41-57-40-39-56-38-37-55-36-33-52)60-35-26-19-15-17-24-32-51(54)62-44-48(28-20-10-6-2)29-21-11-7-3/h47-49H,5-46,52H2,1-4H3. The maximum Gasteiger partial charge on any atom is 0.305 e. The van der Waals surface area contributed by atoms with Gasteiger partial charge < -0.3 is 43.6 Å². The van der Waals surface area contributed by atoms with Crippen molar-refractivity contribution in [1.29, 1.82) is 0 Å². The second-order valence-electron chi connectivity index (χ2n) is 17.4. The van der Waals surface area contributed by atoms with Crippen LogP contribution in [0.25, 0.3) is 0 Å². The molecule has 11 nitrogen and oxygen atoms in total. The lowest BCUT2D eigenvalue weighted by molar-refractivity contribution is -0.146. The van der Waals surface area contributed by atoms with E-state index in [1.54, 1.807) is 0 Å². The number of carbonyl (C=O) groups excluding carboxylic acids is 2. The Bertz CT molecular complexity index is 902. The summed E-state index contributed by atoms with van der Waals surface area (Å²) in [6.45, 7) is 16.5. The molecule has 0 heterocycles. The van der Waals surface area contributed by atoms with Crippen LogP contribution >= 0.6 is 0 Å². The van der Waals surface area contributed by atoms with Crippen molar-refractivity contribution in [3.8, 4) is 0 Å². The predicted octanol–water partition coefficient (Wildman–Crippen LogP) is 11.7. The Kier molecular flexibility index (Phi) is 49.6. The van der Waals surface area contributed by atoms with Gasteiger partial charge in [0, 0.05) is 32.6 Å². The monoisotopic (exact) mass is 888 g/mol. The van der Waals surface area contributed by atoms with Crippen molar-refractivity contribution in [2.24, 2.45) is 17.6 Å². The molecule has 370 valence electrons. The highest BCUT2D eigenvalue weighted by Crippen LogP contribution is 2.20. The Hall–Kier alpha value is -1.34. The van der Waals surface area contributed by atoms with Crippen LogP contribution in [-0.4, -0.2) is 110 Å². The lowest BCUT2D eigenvalue weighted by Crippen LogP contribution is -2.27. The van der Waals surface area contributed by atoms with Crippen LogP contribution in [0.4, 0.5) is 0 Å². The first-order chi connectivity index (χ1) is 30.5. The van der Waals surface area contributed by atoms with Gasteiger partial charge in [-0.25, -0.2) is 0 Å². The van der Waals surface area contributed by atoms with Crippen LogP contribution < -0.4 is 5.73 Å². The Balaban J connectivity index is 4.35. The largest absolute Gasteiger partial charge is 0.465 e. The first-order valence-electron chi connectivity index (χ1n) is 26.0. The fourth-order valence-electron chi connectivity index (χ4n) is 7.38. The number of unbranched alkanes of at least 4 members (excludes halogenated alkanes) is 16. The molecule has 0 amide bonds. The zero-order valence-corrected chi connectivity index (χ0v) is 41.1. The minimum Gasteiger partial charge on any atom is -0.465 e.